The van der Waals surface area contributed by atoms with Gasteiger partial charge in [0.2, 0.25) is 0 Å². The van der Waals surface area contributed by atoms with Gasteiger partial charge >= 0.3 is 0 Å². The molecule has 0 fully saturated rings. The molecule has 0 aliphatic heterocycles. The maximum Gasteiger partial charge on any atom is 0.122 e. The maximum atomic E-state index is 6.33. The Morgan fingerprint density at radius 2 is 1.84 bits per heavy atom. The van der Waals surface area contributed by atoms with E-state index in [2.05, 4.69) is 38.1 Å². The monoisotopic (exact) mass is 274 g/mol. The average Bonchev–Trinajstić information content (AvgIpc) is 2.39. The second-order valence-electron chi connectivity index (χ2n) is 5.00. The first-order valence-electron chi connectivity index (χ1n) is 6.52. The van der Waals surface area contributed by atoms with Crippen LogP contribution in [-0.2, 0) is 6.42 Å². The zero-order chi connectivity index (χ0) is 13.8. The lowest BCUT2D eigenvalue weighted by atomic mass is 9.98. The molecule has 2 aromatic carbocycles. The standard InChI is InChI=1S/C17H19ClO/c1-12(2)15-9-8-13(11-16(15)18)10-14-6-4-5-7-17(14)19-3/h4-9,11-12H,10H2,1-3H3. The van der Waals surface area contributed by atoms with Gasteiger partial charge in [-0.1, -0.05) is 55.8 Å². The topological polar surface area (TPSA) is 9.23 Å². The number of ether oxygens (including phenoxy) is 1. The van der Waals surface area contributed by atoms with Crippen LogP contribution < -0.4 is 4.74 Å². The van der Waals surface area contributed by atoms with Gasteiger partial charge in [-0.2, -0.15) is 0 Å². The van der Waals surface area contributed by atoms with Gasteiger partial charge in [0.05, 0.1) is 7.11 Å². The summed E-state index contributed by atoms with van der Waals surface area (Å²) in [4.78, 5) is 0. The molecular formula is C17H19ClO. The fourth-order valence-corrected chi connectivity index (χ4v) is 2.64. The highest BCUT2D eigenvalue weighted by molar-refractivity contribution is 6.31. The molecule has 0 aliphatic carbocycles. The lowest BCUT2D eigenvalue weighted by molar-refractivity contribution is 0.410. The van der Waals surface area contributed by atoms with E-state index in [9.17, 15) is 0 Å². The minimum atomic E-state index is 0.452. The highest BCUT2D eigenvalue weighted by Crippen LogP contribution is 2.27. The predicted octanol–water partition coefficient (Wildman–Crippen LogP) is 5.06. The number of hydrogen-bond donors (Lipinski definition) is 0. The van der Waals surface area contributed by atoms with Gasteiger partial charge in [-0.05, 0) is 34.7 Å². The highest BCUT2D eigenvalue weighted by Gasteiger charge is 2.08. The summed E-state index contributed by atoms with van der Waals surface area (Å²) in [6, 6.07) is 14.4. The van der Waals surface area contributed by atoms with Crippen molar-refractivity contribution < 1.29 is 4.74 Å². The van der Waals surface area contributed by atoms with Crippen LogP contribution in [0.25, 0.3) is 0 Å². The SMILES string of the molecule is COc1ccccc1Cc1ccc(C(C)C)c(Cl)c1. The average molecular weight is 275 g/mol. The number of methoxy groups -OCH3 is 1. The first-order valence-corrected chi connectivity index (χ1v) is 6.90. The van der Waals surface area contributed by atoms with E-state index in [4.69, 9.17) is 16.3 Å². The van der Waals surface area contributed by atoms with Crippen LogP contribution in [0, 0.1) is 0 Å². The lowest BCUT2D eigenvalue weighted by Crippen LogP contribution is -1.95. The Balaban J connectivity index is 2.26. The summed E-state index contributed by atoms with van der Waals surface area (Å²) < 4.78 is 5.38. The van der Waals surface area contributed by atoms with Crippen LogP contribution >= 0.6 is 11.6 Å². The Labute approximate surface area is 120 Å². The van der Waals surface area contributed by atoms with Crippen LogP contribution in [-0.4, -0.2) is 7.11 Å². The zero-order valence-electron chi connectivity index (χ0n) is 11.6. The third-order valence-electron chi connectivity index (χ3n) is 3.27. The summed E-state index contributed by atoms with van der Waals surface area (Å²) in [6.07, 6.45) is 0.835. The van der Waals surface area contributed by atoms with Crippen molar-refractivity contribution in [1.29, 1.82) is 0 Å². The van der Waals surface area contributed by atoms with Gasteiger partial charge in [-0.15, -0.1) is 0 Å². The van der Waals surface area contributed by atoms with Gasteiger partial charge in [0.15, 0.2) is 0 Å². The molecule has 0 N–H and O–H groups in total. The molecule has 0 bridgehead atoms. The van der Waals surface area contributed by atoms with Gasteiger partial charge in [0.25, 0.3) is 0 Å². The van der Waals surface area contributed by atoms with E-state index in [1.807, 2.05) is 18.2 Å². The van der Waals surface area contributed by atoms with E-state index in [-0.39, 0.29) is 0 Å². The lowest BCUT2D eigenvalue weighted by Gasteiger charge is -2.11. The summed E-state index contributed by atoms with van der Waals surface area (Å²) >= 11 is 6.33. The molecule has 2 rings (SSSR count). The zero-order valence-corrected chi connectivity index (χ0v) is 12.4. The van der Waals surface area contributed by atoms with E-state index >= 15 is 0 Å². The largest absolute Gasteiger partial charge is 0.496 e. The Bertz CT molecular complexity index is 561. The fraction of sp³-hybridized carbons (Fsp3) is 0.294. The Hall–Kier alpha value is -1.47. The highest BCUT2D eigenvalue weighted by atomic mass is 35.5. The van der Waals surface area contributed by atoms with E-state index in [1.165, 1.54) is 16.7 Å². The van der Waals surface area contributed by atoms with Crippen molar-refractivity contribution in [1.82, 2.24) is 0 Å². The molecular weight excluding hydrogens is 256 g/mol. The van der Waals surface area contributed by atoms with E-state index < -0.39 is 0 Å². The fourth-order valence-electron chi connectivity index (χ4n) is 2.22. The molecule has 0 saturated heterocycles. The van der Waals surface area contributed by atoms with Crippen LogP contribution in [0.1, 0.15) is 36.5 Å². The van der Waals surface area contributed by atoms with E-state index in [0.717, 1.165) is 17.2 Å². The molecule has 0 radical (unpaired) electrons. The number of hydrogen-bond acceptors (Lipinski definition) is 1. The quantitative estimate of drug-likeness (QED) is 0.757. The third-order valence-corrected chi connectivity index (χ3v) is 3.60. The molecule has 2 aromatic rings. The first kappa shape index (κ1) is 14.0. The first-order chi connectivity index (χ1) is 9.11. The van der Waals surface area contributed by atoms with E-state index in [1.54, 1.807) is 7.11 Å². The number of benzene rings is 2. The minimum absolute atomic E-state index is 0.452. The van der Waals surface area contributed by atoms with Crippen molar-refractivity contribution >= 4 is 11.6 Å². The third kappa shape index (κ3) is 3.30. The summed E-state index contributed by atoms with van der Waals surface area (Å²) in [5.74, 6) is 1.37. The van der Waals surface area contributed by atoms with Crippen molar-refractivity contribution in [3.05, 3.63) is 64.2 Å². The summed E-state index contributed by atoms with van der Waals surface area (Å²) in [5.41, 5.74) is 3.59. The molecule has 0 aliphatic rings. The molecule has 19 heavy (non-hydrogen) atoms. The summed E-state index contributed by atoms with van der Waals surface area (Å²) in [7, 11) is 1.70. The molecule has 0 amide bonds. The Kier molecular flexibility index (Phi) is 4.49. The second-order valence-corrected chi connectivity index (χ2v) is 5.41. The van der Waals surface area contributed by atoms with Gasteiger partial charge < -0.3 is 4.74 Å². The predicted molar refractivity (Wildman–Crippen MR) is 81.3 cm³/mol. The van der Waals surface area contributed by atoms with Crippen LogP contribution in [0.5, 0.6) is 5.75 Å². The molecule has 100 valence electrons. The number of rotatable bonds is 4. The van der Waals surface area contributed by atoms with Crippen LogP contribution in [0.15, 0.2) is 42.5 Å². The molecule has 2 heteroatoms. The van der Waals surface area contributed by atoms with E-state index in [0.29, 0.717) is 5.92 Å². The van der Waals surface area contributed by atoms with Crippen LogP contribution in [0.4, 0.5) is 0 Å². The van der Waals surface area contributed by atoms with Crippen molar-refractivity contribution in [2.75, 3.05) is 7.11 Å². The van der Waals surface area contributed by atoms with Gasteiger partial charge in [-0.25, -0.2) is 0 Å². The maximum absolute atomic E-state index is 6.33. The summed E-state index contributed by atoms with van der Waals surface area (Å²) in [5, 5.41) is 0.849. The molecule has 0 saturated carbocycles. The van der Waals surface area contributed by atoms with Crippen molar-refractivity contribution in [2.24, 2.45) is 0 Å². The Morgan fingerprint density at radius 1 is 1.11 bits per heavy atom. The molecule has 0 heterocycles. The van der Waals surface area contributed by atoms with Crippen LogP contribution in [0.2, 0.25) is 5.02 Å². The smallest absolute Gasteiger partial charge is 0.122 e. The van der Waals surface area contributed by atoms with Crippen molar-refractivity contribution in [3.8, 4) is 5.75 Å². The molecule has 0 spiro atoms. The molecule has 0 aromatic heterocycles. The van der Waals surface area contributed by atoms with Gasteiger partial charge in [0, 0.05) is 11.4 Å². The van der Waals surface area contributed by atoms with Crippen molar-refractivity contribution in [2.45, 2.75) is 26.2 Å². The van der Waals surface area contributed by atoms with Crippen LogP contribution in [0.3, 0.4) is 0 Å². The molecule has 0 atom stereocenters. The van der Waals surface area contributed by atoms with Gasteiger partial charge in [0.1, 0.15) is 5.75 Å². The molecule has 0 unspecified atom stereocenters. The number of para-hydroxylation sites is 1. The minimum Gasteiger partial charge on any atom is -0.496 e. The normalized spacial score (nSPS) is 10.8. The van der Waals surface area contributed by atoms with Crippen molar-refractivity contribution in [3.63, 3.8) is 0 Å². The number of halogens is 1. The van der Waals surface area contributed by atoms with Gasteiger partial charge in [-0.3, -0.25) is 0 Å². The molecule has 1 nitrogen and oxygen atoms in total. The second kappa shape index (κ2) is 6.12. The summed E-state index contributed by atoms with van der Waals surface area (Å²) in [6.45, 7) is 4.31. The Morgan fingerprint density at radius 3 is 2.47 bits per heavy atom.